The van der Waals surface area contributed by atoms with Gasteiger partial charge in [-0.25, -0.2) is 0 Å². The van der Waals surface area contributed by atoms with Crippen LogP contribution in [-0.4, -0.2) is 44.1 Å². The Labute approximate surface area is 147 Å². The van der Waals surface area contributed by atoms with Crippen LogP contribution >= 0.6 is 0 Å². The van der Waals surface area contributed by atoms with Crippen molar-refractivity contribution in [1.29, 1.82) is 0 Å². The third kappa shape index (κ3) is 5.17. The predicted octanol–water partition coefficient (Wildman–Crippen LogP) is 2.30. The van der Waals surface area contributed by atoms with Crippen LogP contribution in [0.3, 0.4) is 0 Å². The zero-order valence-electron chi connectivity index (χ0n) is 14.5. The number of nitrogens with one attached hydrogen (secondary N) is 1. The van der Waals surface area contributed by atoms with E-state index in [0.29, 0.717) is 17.7 Å². The summed E-state index contributed by atoms with van der Waals surface area (Å²) in [6, 6.07) is 14.2. The third-order valence-corrected chi connectivity index (χ3v) is 3.54. The summed E-state index contributed by atoms with van der Waals surface area (Å²) in [6.45, 7) is 0.391. The summed E-state index contributed by atoms with van der Waals surface area (Å²) in [5, 5.41) is 6.53. The molecule has 0 unspecified atom stereocenters. The van der Waals surface area contributed by atoms with Gasteiger partial charge in [0.1, 0.15) is 7.11 Å². The number of benzene rings is 2. The zero-order chi connectivity index (χ0) is 18.2. The smallest absolute Gasteiger partial charge is 0.253 e. The summed E-state index contributed by atoms with van der Waals surface area (Å²) in [4.78, 5) is 30.2. The molecular formula is C19H21N3O3. The van der Waals surface area contributed by atoms with Gasteiger partial charge in [0.05, 0.1) is 6.21 Å². The fourth-order valence-electron chi connectivity index (χ4n) is 2.14. The van der Waals surface area contributed by atoms with Crippen molar-refractivity contribution in [3.05, 3.63) is 70.8 Å². The molecule has 6 heteroatoms. The van der Waals surface area contributed by atoms with Gasteiger partial charge < -0.3 is 15.1 Å². The second-order valence-corrected chi connectivity index (χ2v) is 5.62. The molecule has 0 atom stereocenters. The fraction of sp³-hybridized carbons (Fsp3) is 0.211. The Morgan fingerprint density at radius 1 is 1.04 bits per heavy atom. The largest absolute Gasteiger partial charge is 0.399 e. The summed E-state index contributed by atoms with van der Waals surface area (Å²) in [7, 11) is 4.90. The molecule has 0 spiro atoms. The molecule has 0 fully saturated rings. The topological polar surface area (TPSA) is 71.0 Å². The lowest BCUT2D eigenvalue weighted by atomic mass is 10.1. The molecule has 2 aromatic rings. The number of amides is 2. The van der Waals surface area contributed by atoms with Crippen LogP contribution in [0.5, 0.6) is 0 Å². The number of rotatable bonds is 6. The van der Waals surface area contributed by atoms with E-state index < -0.39 is 0 Å². The zero-order valence-corrected chi connectivity index (χ0v) is 14.5. The van der Waals surface area contributed by atoms with Gasteiger partial charge in [-0.15, -0.1) is 0 Å². The van der Waals surface area contributed by atoms with E-state index in [1.165, 1.54) is 12.0 Å². The van der Waals surface area contributed by atoms with E-state index in [-0.39, 0.29) is 11.8 Å². The SMILES string of the molecule is CO/N=C/c1ccc(C(=O)NCc2ccc(C(=O)N(C)C)cc2)cc1. The first-order valence-electron chi connectivity index (χ1n) is 7.76. The van der Waals surface area contributed by atoms with Crippen LogP contribution in [0.4, 0.5) is 0 Å². The second kappa shape index (κ2) is 8.63. The van der Waals surface area contributed by atoms with Crippen LogP contribution in [0, 0.1) is 0 Å². The molecule has 0 heterocycles. The summed E-state index contributed by atoms with van der Waals surface area (Å²) in [5.74, 6) is -0.212. The monoisotopic (exact) mass is 339 g/mol. The van der Waals surface area contributed by atoms with Gasteiger partial charge in [0.25, 0.3) is 11.8 Å². The minimum atomic E-state index is -0.163. The Hall–Kier alpha value is -3.15. The van der Waals surface area contributed by atoms with Gasteiger partial charge in [0.2, 0.25) is 0 Å². The van der Waals surface area contributed by atoms with Crippen LogP contribution in [-0.2, 0) is 11.4 Å². The van der Waals surface area contributed by atoms with E-state index in [0.717, 1.165) is 11.1 Å². The molecule has 25 heavy (non-hydrogen) atoms. The molecule has 0 saturated carbocycles. The Morgan fingerprint density at radius 2 is 1.64 bits per heavy atom. The molecule has 2 amide bonds. The van der Waals surface area contributed by atoms with Gasteiger partial charge in [-0.3, -0.25) is 9.59 Å². The molecule has 0 radical (unpaired) electrons. The van der Waals surface area contributed by atoms with E-state index in [9.17, 15) is 9.59 Å². The van der Waals surface area contributed by atoms with Crippen LogP contribution < -0.4 is 5.32 Å². The molecule has 1 N–H and O–H groups in total. The van der Waals surface area contributed by atoms with E-state index in [2.05, 4.69) is 15.3 Å². The van der Waals surface area contributed by atoms with Crippen molar-refractivity contribution in [3.63, 3.8) is 0 Å². The van der Waals surface area contributed by atoms with Gasteiger partial charge in [-0.1, -0.05) is 29.4 Å². The first-order chi connectivity index (χ1) is 12.0. The minimum Gasteiger partial charge on any atom is -0.399 e. The Kier molecular flexibility index (Phi) is 6.28. The minimum absolute atomic E-state index is 0.0484. The van der Waals surface area contributed by atoms with E-state index in [4.69, 9.17) is 0 Å². The fourth-order valence-corrected chi connectivity index (χ4v) is 2.14. The van der Waals surface area contributed by atoms with Crippen LogP contribution in [0.2, 0.25) is 0 Å². The molecule has 0 saturated heterocycles. The first kappa shape index (κ1) is 18.2. The van der Waals surface area contributed by atoms with E-state index in [1.54, 1.807) is 56.7 Å². The number of hydrogen-bond donors (Lipinski definition) is 1. The maximum absolute atomic E-state index is 12.2. The first-order valence-corrected chi connectivity index (χ1v) is 7.76. The van der Waals surface area contributed by atoms with Crippen molar-refractivity contribution in [3.8, 4) is 0 Å². The highest BCUT2D eigenvalue weighted by Gasteiger charge is 2.08. The van der Waals surface area contributed by atoms with Crippen LogP contribution in [0.25, 0.3) is 0 Å². The summed E-state index contributed by atoms with van der Waals surface area (Å²) in [5.41, 5.74) is 2.95. The highest BCUT2D eigenvalue weighted by molar-refractivity contribution is 5.95. The Morgan fingerprint density at radius 3 is 2.20 bits per heavy atom. The maximum Gasteiger partial charge on any atom is 0.253 e. The average Bonchev–Trinajstić information content (AvgIpc) is 2.64. The number of hydrogen-bond acceptors (Lipinski definition) is 4. The lowest BCUT2D eigenvalue weighted by molar-refractivity contribution is 0.0827. The number of carbonyl (C=O) groups is 2. The van der Waals surface area contributed by atoms with Gasteiger partial charge in [0.15, 0.2) is 0 Å². The molecule has 0 aromatic heterocycles. The molecule has 2 rings (SSSR count). The standard InChI is InChI=1S/C19H21N3O3/c1-22(2)19(24)17-10-6-14(7-11-17)12-20-18(23)16-8-4-15(5-9-16)13-21-25-3/h4-11,13H,12H2,1-3H3,(H,20,23)/b21-13+. The molecule has 0 aliphatic carbocycles. The van der Waals surface area contributed by atoms with Crippen molar-refractivity contribution in [2.75, 3.05) is 21.2 Å². The maximum atomic E-state index is 12.2. The lowest BCUT2D eigenvalue weighted by Gasteiger charge is -2.11. The molecule has 6 nitrogen and oxygen atoms in total. The van der Waals surface area contributed by atoms with Crippen molar-refractivity contribution < 1.29 is 14.4 Å². The normalized spacial score (nSPS) is 10.5. The molecule has 0 bridgehead atoms. The Balaban J connectivity index is 1.93. The summed E-state index contributed by atoms with van der Waals surface area (Å²) >= 11 is 0. The van der Waals surface area contributed by atoms with Crippen molar-refractivity contribution >= 4 is 18.0 Å². The van der Waals surface area contributed by atoms with Crippen molar-refractivity contribution in [2.24, 2.45) is 5.16 Å². The van der Waals surface area contributed by atoms with E-state index >= 15 is 0 Å². The predicted molar refractivity (Wildman–Crippen MR) is 96.7 cm³/mol. The molecule has 0 aliphatic heterocycles. The Bertz CT molecular complexity index is 750. The van der Waals surface area contributed by atoms with Gasteiger partial charge in [-0.2, -0.15) is 0 Å². The molecule has 0 aliphatic rings. The van der Waals surface area contributed by atoms with E-state index in [1.807, 2.05) is 12.1 Å². The van der Waals surface area contributed by atoms with Crippen molar-refractivity contribution in [1.82, 2.24) is 10.2 Å². The average molecular weight is 339 g/mol. The number of carbonyl (C=O) groups excluding carboxylic acids is 2. The summed E-state index contributed by atoms with van der Waals surface area (Å²) < 4.78 is 0. The van der Waals surface area contributed by atoms with Gasteiger partial charge in [0, 0.05) is 31.8 Å². The van der Waals surface area contributed by atoms with Crippen LogP contribution in [0.1, 0.15) is 31.8 Å². The van der Waals surface area contributed by atoms with Gasteiger partial charge in [-0.05, 0) is 35.4 Å². The number of nitrogens with zero attached hydrogens (tertiary/aromatic N) is 2. The highest BCUT2D eigenvalue weighted by Crippen LogP contribution is 2.07. The molecule has 130 valence electrons. The quantitative estimate of drug-likeness (QED) is 0.648. The van der Waals surface area contributed by atoms with Gasteiger partial charge >= 0.3 is 0 Å². The van der Waals surface area contributed by atoms with Crippen molar-refractivity contribution in [2.45, 2.75) is 6.54 Å². The molecular weight excluding hydrogens is 318 g/mol. The molecule has 2 aromatic carbocycles. The number of oxime groups is 1. The lowest BCUT2D eigenvalue weighted by Crippen LogP contribution is -2.23. The second-order valence-electron chi connectivity index (χ2n) is 5.62. The van der Waals surface area contributed by atoms with Crippen LogP contribution in [0.15, 0.2) is 53.7 Å². The highest BCUT2D eigenvalue weighted by atomic mass is 16.6. The summed E-state index contributed by atoms with van der Waals surface area (Å²) in [6.07, 6.45) is 1.57. The third-order valence-electron chi connectivity index (χ3n) is 3.54.